The van der Waals surface area contributed by atoms with E-state index in [9.17, 15) is 0 Å². The molecule has 0 aliphatic carbocycles. The predicted molar refractivity (Wildman–Crippen MR) is 67.5 cm³/mol. The van der Waals surface area contributed by atoms with Crippen LogP contribution in [-0.2, 0) is 13.6 Å². The van der Waals surface area contributed by atoms with Crippen LogP contribution in [0.25, 0.3) is 0 Å². The summed E-state index contributed by atoms with van der Waals surface area (Å²) in [6.45, 7) is 6.74. The molecule has 0 radical (unpaired) electrons. The first-order chi connectivity index (χ1) is 8.09. The molecule has 0 bridgehead atoms. The van der Waals surface area contributed by atoms with Gasteiger partial charge in [-0.3, -0.25) is 4.68 Å². The highest BCUT2D eigenvalue weighted by atomic mass is 15.4. The maximum Gasteiger partial charge on any atom is 0.0738 e. The Kier molecular flexibility index (Phi) is 3.79. The van der Waals surface area contributed by atoms with Crippen LogP contribution in [0.4, 0.5) is 0 Å². The molecule has 0 atom stereocenters. The average molecular weight is 237 g/mol. The maximum absolute atomic E-state index is 3.93. The zero-order valence-electron chi connectivity index (χ0n) is 11.1. The molecule has 5 nitrogen and oxygen atoms in total. The fourth-order valence-corrected chi connectivity index (χ4v) is 2.30. The van der Waals surface area contributed by atoms with Gasteiger partial charge in [-0.25, -0.2) is 0 Å². The summed E-state index contributed by atoms with van der Waals surface area (Å²) in [7, 11) is 4.13. The van der Waals surface area contributed by atoms with Gasteiger partial charge in [-0.2, -0.15) is 0 Å². The minimum atomic E-state index is 0.443. The van der Waals surface area contributed by atoms with E-state index in [1.165, 1.54) is 25.9 Å². The molecule has 2 heterocycles. The maximum atomic E-state index is 3.93. The monoisotopic (exact) mass is 237 g/mol. The lowest BCUT2D eigenvalue weighted by Crippen LogP contribution is -2.42. The summed E-state index contributed by atoms with van der Waals surface area (Å²) in [4.78, 5) is 2.41. The number of likely N-dealkylation sites (tertiary alicyclic amines) is 1. The first-order valence-corrected chi connectivity index (χ1v) is 6.32. The van der Waals surface area contributed by atoms with Gasteiger partial charge in [-0.1, -0.05) is 12.1 Å². The number of nitrogens with one attached hydrogen (secondary N) is 1. The van der Waals surface area contributed by atoms with Crippen molar-refractivity contribution in [2.45, 2.75) is 26.3 Å². The first-order valence-electron chi connectivity index (χ1n) is 6.32. The summed E-state index contributed by atoms with van der Waals surface area (Å²) in [5, 5.41) is 11.3. The van der Waals surface area contributed by atoms with Crippen molar-refractivity contribution in [3.8, 4) is 0 Å². The van der Waals surface area contributed by atoms with E-state index < -0.39 is 0 Å². The van der Waals surface area contributed by atoms with Gasteiger partial charge >= 0.3 is 0 Å². The highest BCUT2D eigenvalue weighted by molar-refractivity contribution is 4.93. The summed E-state index contributed by atoms with van der Waals surface area (Å²) < 4.78 is 1.82. The van der Waals surface area contributed by atoms with Crippen molar-refractivity contribution >= 4 is 0 Å². The molecule has 1 saturated heterocycles. The molecule has 0 amide bonds. The lowest BCUT2D eigenvalue weighted by Gasteiger charge is -2.38. The number of aryl methyl sites for hydroxylation is 1. The normalized spacial score (nSPS) is 20.6. The molecule has 0 spiro atoms. The third-order valence-electron chi connectivity index (χ3n) is 3.86. The van der Waals surface area contributed by atoms with Crippen molar-refractivity contribution in [2.24, 2.45) is 12.5 Å². The summed E-state index contributed by atoms with van der Waals surface area (Å²) in [6.07, 6.45) is 4.38. The molecule has 1 fully saturated rings. The largest absolute Gasteiger partial charge is 0.311 e. The molecule has 1 aliphatic heterocycles. The van der Waals surface area contributed by atoms with Crippen molar-refractivity contribution in [3.05, 3.63) is 11.9 Å². The van der Waals surface area contributed by atoms with Crippen molar-refractivity contribution in [1.29, 1.82) is 0 Å². The molecule has 0 unspecified atom stereocenters. The Morgan fingerprint density at radius 1 is 1.35 bits per heavy atom. The van der Waals surface area contributed by atoms with E-state index >= 15 is 0 Å². The summed E-state index contributed by atoms with van der Waals surface area (Å²) in [6, 6.07) is 0. The molecule has 17 heavy (non-hydrogen) atoms. The lowest BCUT2D eigenvalue weighted by molar-refractivity contribution is 0.136. The first kappa shape index (κ1) is 12.5. The SMILES string of the molecule is CN1CCC(C)(CNCc2cnnn2C)CC1. The van der Waals surface area contributed by atoms with E-state index in [0.29, 0.717) is 5.41 Å². The fourth-order valence-electron chi connectivity index (χ4n) is 2.30. The van der Waals surface area contributed by atoms with E-state index in [-0.39, 0.29) is 0 Å². The van der Waals surface area contributed by atoms with Crippen LogP contribution in [0, 0.1) is 5.41 Å². The van der Waals surface area contributed by atoms with Gasteiger partial charge in [0, 0.05) is 20.1 Å². The van der Waals surface area contributed by atoms with Crippen molar-refractivity contribution in [1.82, 2.24) is 25.2 Å². The second-order valence-corrected chi connectivity index (χ2v) is 5.57. The van der Waals surface area contributed by atoms with Gasteiger partial charge in [0.2, 0.25) is 0 Å². The quantitative estimate of drug-likeness (QED) is 0.834. The zero-order chi connectivity index (χ0) is 12.3. The Morgan fingerprint density at radius 2 is 2.06 bits per heavy atom. The highest BCUT2D eigenvalue weighted by Crippen LogP contribution is 2.29. The number of aromatic nitrogens is 3. The van der Waals surface area contributed by atoms with Crippen molar-refractivity contribution in [3.63, 3.8) is 0 Å². The minimum Gasteiger partial charge on any atom is -0.311 e. The zero-order valence-corrected chi connectivity index (χ0v) is 11.1. The standard InChI is InChI=1S/C12H23N5/c1-12(4-6-16(2)7-5-12)10-13-8-11-9-14-15-17(11)3/h9,13H,4-8,10H2,1-3H3. The molecule has 1 aliphatic rings. The van der Waals surface area contributed by atoms with Gasteiger partial charge in [0.1, 0.15) is 0 Å². The molecule has 1 N–H and O–H groups in total. The van der Waals surface area contributed by atoms with E-state index in [1.54, 1.807) is 0 Å². The molecule has 5 heteroatoms. The van der Waals surface area contributed by atoms with Gasteiger partial charge < -0.3 is 10.2 Å². The van der Waals surface area contributed by atoms with Crippen LogP contribution in [0.5, 0.6) is 0 Å². The Morgan fingerprint density at radius 3 is 2.65 bits per heavy atom. The van der Waals surface area contributed by atoms with Crippen LogP contribution >= 0.6 is 0 Å². The van der Waals surface area contributed by atoms with Crippen LogP contribution in [-0.4, -0.2) is 46.6 Å². The molecular weight excluding hydrogens is 214 g/mol. The van der Waals surface area contributed by atoms with Gasteiger partial charge in [-0.15, -0.1) is 5.10 Å². The van der Waals surface area contributed by atoms with E-state index in [2.05, 4.69) is 34.5 Å². The Balaban J connectivity index is 1.76. The summed E-state index contributed by atoms with van der Waals surface area (Å²) in [5.74, 6) is 0. The summed E-state index contributed by atoms with van der Waals surface area (Å²) >= 11 is 0. The van der Waals surface area contributed by atoms with E-state index in [1.807, 2.05) is 17.9 Å². The smallest absolute Gasteiger partial charge is 0.0738 e. The van der Waals surface area contributed by atoms with Gasteiger partial charge in [0.05, 0.1) is 11.9 Å². The van der Waals surface area contributed by atoms with Crippen LogP contribution in [0.2, 0.25) is 0 Å². The number of hydrogen-bond donors (Lipinski definition) is 1. The highest BCUT2D eigenvalue weighted by Gasteiger charge is 2.28. The number of rotatable bonds is 4. The fraction of sp³-hybridized carbons (Fsp3) is 0.833. The van der Waals surface area contributed by atoms with Crippen LogP contribution in [0.1, 0.15) is 25.5 Å². The van der Waals surface area contributed by atoms with Crippen molar-refractivity contribution < 1.29 is 0 Å². The topological polar surface area (TPSA) is 46.0 Å². The van der Waals surface area contributed by atoms with E-state index in [0.717, 1.165) is 18.8 Å². The summed E-state index contributed by atoms with van der Waals surface area (Å²) in [5.41, 5.74) is 1.58. The minimum absolute atomic E-state index is 0.443. The van der Waals surface area contributed by atoms with Crippen molar-refractivity contribution in [2.75, 3.05) is 26.7 Å². The molecule has 2 rings (SSSR count). The molecule has 96 valence electrons. The molecule has 0 saturated carbocycles. The number of hydrogen-bond acceptors (Lipinski definition) is 4. The van der Waals surface area contributed by atoms with Gasteiger partial charge in [0.15, 0.2) is 0 Å². The Labute approximate surface area is 103 Å². The predicted octanol–water partition coefficient (Wildman–Crippen LogP) is 0.637. The average Bonchev–Trinajstić information content (AvgIpc) is 2.70. The molecular formula is C12H23N5. The lowest BCUT2D eigenvalue weighted by atomic mass is 9.80. The van der Waals surface area contributed by atoms with Gasteiger partial charge in [0.25, 0.3) is 0 Å². The third kappa shape index (κ3) is 3.26. The van der Waals surface area contributed by atoms with Crippen LogP contribution in [0.15, 0.2) is 6.20 Å². The van der Waals surface area contributed by atoms with E-state index in [4.69, 9.17) is 0 Å². The number of nitrogens with zero attached hydrogens (tertiary/aromatic N) is 4. The van der Waals surface area contributed by atoms with Crippen LogP contribution < -0.4 is 5.32 Å². The van der Waals surface area contributed by atoms with Gasteiger partial charge in [-0.05, 0) is 38.4 Å². The molecule has 0 aromatic carbocycles. The molecule has 1 aromatic heterocycles. The second-order valence-electron chi connectivity index (χ2n) is 5.57. The molecule has 1 aromatic rings. The van der Waals surface area contributed by atoms with Crippen LogP contribution in [0.3, 0.4) is 0 Å². The Hall–Kier alpha value is -0.940. The third-order valence-corrected chi connectivity index (χ3v) is 3.86. The second kappa shape index (κ2) is 5.14. The Bertz CT molecular complexity index is 352. The number of piperidine rings is 1.